The molecule has 4 heterocycles. The Balaban J connectivity index is 0.901. The van der Waals surface area contributed by atoms with Gasteiger partial charge >= 0.3 is 0 Å². The second-order valence-electron chi connectivity index (χ2n) is 24.9. The molecule has 86 heavy (non-hydrogen) atoms. The van der Waals surface area contributed by atoms with E-state index in [1.165, 1.54) is 32.7 Å². The van der Waals surface area contributed by atoms with Gasteiger partial charge < -0.3 is 0 Å². The van der Waals surface area contributed by atoms with Crippen LogP contribution in [0.5, 0.6) is 0 Å². The predicted molar refractivity (Wildman–Crippen MR) is 354 cm³/mol. The Morgan fingerprint density at radius 1 is 0.581 bits per heavy atom. The molecule has 0 saturated heterocycles. The fourth-order valence-corrected chi connectivity index (χ4v) is 16.4. The zero-order chi connectivity index (χ0) is 60.3. The van der Waals surface area contributed by atoms with Crippen LogP contribution in [0.3, 0.4) is 0 Å². The molecule has 0 radical (unpaired) electrons. The van der Waals surface area contributed by atoms with E-state index in [9.17, 15) is 25.0 Å². The van der Waals surface area contributed by atoms with Crippen LogP contribution in [-0.4, -0.2) is 49.3 Å². The summed E-state index contributed by atoms with van der Waals surface area (Å²) >= 11 is 7.07. The monoisotopic (exact) mass is 1270 g/mol. The Morgan fingerprint density at radius 3 is 1.36 bits per heavy atom. The Labute approximate surface area is 521 Å². The third-order valence-electron chi connectivity index (χ3n) is 19.4. The maximum absolute atomic E-state index is 14.8. The van der Waals surface area contributed by atoms with E-state index in [0.29, 0.717) is 47.7 Å². The van der Waals surface area contributed by atoms with Crippen LogP contribution in [0.4, 0.5) is 34.1 Å². The summed E-state index contributed by atoms with van der Waals surface area (Å²) in [7, 11) is 0. The lowest BCUT2D eigenvalue weighted by atomic mass is 9.68. The van der Waals surface area contributed by atoms with Crippen LogP contribution in [0.1, 0.15) is 154 Å². The number of nitrogens with zero attached hydrogens (tertiary/aromatic N) is 6. The summed E-state index contributed by atoms with van der Waals surface area (Å²) in [6.07, 6.45) is 24.9. The smallest absolute Gasteiger partial charge is 0.283 e. The fraction of sp³-hybridized carbons (Fsp3) is 0.356. The number of nitro benzene ring substituents is 2. The standard InChI is InChI=1S/C73H72Br2N6O5/c1-7-9-41-76-60-47-56(74)62(80(83)84)45-54(60)72(37-17-11-18-38-72)66(76)29-21-27-64-70(3,4)68-52-25-15-13-23-49(52)31-33-58(68)78(64)43-35-51(82)36-44-79-59-34-32-50-24-14-16-26-53(50)69(59)71(5,6)65(79)28-22-30-67-73(39-19-12-20-40-73)55-46-63(81(85)86)57(75)48-61(55)77(67)42-10-8-2/h13-16,21-34,45-48H,7-8,11-12,17-20,35-40,43-44H2,1-6H3/q+2. The number of Topliss-reactive ketones (excluding diaryl/α,β-unsaturated/α-hetero) is 1. The first-order chi connectivity index (χ1) is 41.5. The van der Waals surface area contributed by atoms with E-state index in [-0.39, 0.29) is 27.0 Å². The van der Waals surface area contributed by atoms with E-state index in [2.05, 4.69) is 212 Å². The number of fused-ring (bicyclic) bond motifs is 10. The van der Waals surface area contributed by atoms with E-state index in [1.807, 2.05) is 26.0 Å². The summed E-state index contributed by atoms with van der Waals surface area (Å²) in [5.74, 6) is 6.81. The normalized spacial score (nSPS) is 19.4. The molecule has 436 valence electrons. The minimum absolute atomic E-state index is 0.0651. The van der Waals surface area contributed by atoms with Crippen molar-refractivity contribution in [1.29, 1.82) is 0 Å². The van der Waals surface area contributed by atoms with Gasteiger partial charge in [-0.3, -0.25) is 34.8 Å². The third-order valence-corrected chi connectivity index (χ3v) is 20.7. The molecule has 0 atom stereocenters. The lowest BCUT2D eigenvalue weighted by molar-refractivity contribution is -0.439. The number of hydrogen-bond acceptors (Lipinski definition) is 7. The van der Waals surface area contributed by atoms with Crippen LogP contribution in [0.2, 0.25) is 0 Å². The van der Waals surface area contributed by atoms with Gasteiger partial charge in [0.05, 0.1) is 53.8 Å². The van der Waals surface area contributed by atoms with Crippen molar-refractivity contribution in [2.24, 2.45) is 0 Å². The molecule has 0 unspecified atom stereocenters. The van der Waals surface area contributed by atoms with Gasteiger partial charge in [-0.2, -0.15) is 9.15 Å². The van der Waals surface area contributed by atoms with E-state index >= 15 is 0 Å². The van der Waals surface area contributed by atoms with Crippen molar-refractivity contribution in [3.63, 3.8) is 0 Å². The number of carbonyl (C=O) groups is 1. The first-order valence-electron chi connectivity index (χ1n) is 30.6. The number of carbonyl (C=O) groups excluding carboxylic acids is 1. The van der Waals surface area contributed by atoms with Gasteiger partial charge in [0.2, 0.25) is 11.4 Å². The molecule has 12 rings (SSSR count). The zero-order valence-electron chi connectivity index (χ0n) is 50.0. The Morgan fingerprint density at radius 2 is 0.977 bits per heavy atom. The molecule has 6 aromatic rings. The van der Waals surface area contributed by atoms with E-state index in [1.54, 1.807) is 12.1 Å². The summed E-state index contributed by atoms with van der Waals surface area (Å²) < 4.78 is 5.61. The van der Waals surface area contributed by atoms with Crippen molar-refractivity contribution in [1.82, 2.24) is 0 Å². The van der Waals surface area contributed by atoms with Crippen molar-refractivity contribution in [3.05, 3.63) is 196 Å². The highest BCUT2D eigenvalue weighted by Crippen LogP contribution is 2.59. The zero-order valence-corrected chi connectivity index (χ0v) is 53.2. The number of ketones is 1. The molecule has 0 aromatic heterocycles. The molecule has 2 spiro atoms. The molecule has 11 nitrogen and oxygen atoms in total. The van der Waals surface area contributed by atoms with Gasteiger partial charge in [0.25, 0.3) is 11.4 Å². The van der Waals surface area contributed by atoms with Gasteiger partial charge in [0.15, 0.2) is 24.5 Å². The summed E-state index contributed by atoms with van der Waals surface area (Å²) in [6, 6.07) is 40.2. The van der Waals surface area contributed by atoms with Crippen LogP contribution < -0.4 is 9.80 Å². The molecular formula is C73H72Br2N6O5+2. The van der Waals surface area contributed by atoms with Gasteiger partial charge in [-0.1, -0.05) is 125 Å². The molecule has 2 fully saturated rings. The molecule has 0 N–H and O–H groups in total. The number of halogens is 2. The van der Waals surface area contributed by atoms with Crippen molar-refractivity contribution >= 4 is 105 Å². The SMILES string of the molecule is CCC#CN1/C(=C/C=C/C2=[N+](CCC(=O)CC[N+]3=C(/C=C/C=C4/N(C#CCC)c5cc(Br)c([N+](=O)[O-])cc5C45CCCCC5)C(C)(C)c4c3ccc3ccccc43)c3ccc4ccccc4c3C2(C)C)C2(CCCCC2)c2cc([N+](=O)[O-])c(Br)cc21. The average molecular weight is 1270 g/mol. The predicted octanol–water partition coefficient (Wildman–Crippen LogP) is 18.2. The highest BCUT2D eigenvalue weighted by atomic mass is 79.9. The number of benzene rings is 6. The van der Waals surface area contributed by atoms with Gasteiger partial charge in [-0.15, -0.1) is 0 Å². The number of hydrogen-bond donors (Lipinski definition) is 0. The largest absolute Gasteiger partial charge is 0.299 e. The highest BCUT2D eigenvalue weighted by molar-refractivity contribution is 9.11. The Kier molecular flexibility index (Phi) is 15.8. The Hall–Kier alpha value is -7.71. The topological polar surface area (TPSA) is 116 Å². The molecule has 2 saturated carbocycles. The van der Waals surface area contributed by atoms with Crippen molar-refractivity contribution < 1.29 is 23.8 Å². The van der Waals surface area contributed by atoms with Crippen molar-refractivity contribution in [2.45, 2.75) is 153 Å². The number of nitro groups is 2. The lowest BCUT2D eigenvalue weighted by Crippen LogP contribution is -2.32. The van der Waals surface area contributed by atoms with Crippen molar-refractivity contribution in [3.8, 4) is 23.9 Å². The lowest BCUT2D eigenvalue weighted by Gasteiger charge is -2.35. The second kappa shape index (κ2) is 23.2. The summed E-state index contributed by atoms with van der Waals surface area (Å²) in [5.41, 5.74) is 11.1. The third kappa shape index (κ3) is 9.78. The van der Waals surface area contributed by atoms with Gasteiger partial charge in [-0.25, -0.2) is 0 Å². The van der Waals surface area contributed by atoms with E-state index in [0.717, 1.165) is 121 Å². The van der Waals surface area contributed by atoms with E-state index < -0.39 is 21.7 Å². The number of rotatable bonds is 12. The first kappa shape index (κ1) is 58.7. The number of anilines is 2. The van der Waals surface area contributed by atoms with Crippen molar-refractivity contribution in [2.75, 3.05) is 22.9 Å². The average Bonchev–Trinajstić information content (AvgIpc) is 1.69. The van der Waals surface area contributed by atoms with Gasteiger partial charge in [-0.05, 0) is 154 Å². The summed E-state index contributed by atoms with van der Waals surface area (Å²) in [4.78, 5) is 43.2. The molecular weight excluding hydrogens is 1200 g/mol. The maximum atomic E-state index is 14.8. The first-order valence-corrected chi connectivity index (χ1v) is 32.2. The minimum Gasteiger partial charge on any atom is -0.299 e. The van der Waals surface area contributed by atoms with Crippen LogP contribution in [0.15, 0.2) is 154 Å². The molecule has 13 heteroatoms. The van der Waals surface area contributed by atoms with Crippen LogP contribution in [0.25, 0.3) is 21.5 Å². The minimum atomic E-state index is -0.436. The van der Waals surface area contributed by atoms with Crippen LogP contribution >= 0.6 is 31.9 Å². The summed E-state index contributed by atoms with van der Waals surface area (Å²) in [6.45, 7) is 14.2. The molecule has 4 aliphatic heterocycles. The van der Waals surface area contributed by atoms with Gasteiger partial charge in [0, 0.05) is 94.7 Å². The van der Waals surface area contributed by atoms with Crippen LogP contribution in [0, 0.1) is 44.2 Å². The number of allylic oxidation sites excluding steroid dienone is 8. The highest BCUT2D eigenvalue weighted by Gasteiger charge is 2.52. The maximum Gasteiger partial charge on any atom is 0.283 e. The molecule has 2 aliphatic carbocycles. The van der Waals surface area contributed by atoms with Gasteiger partial charge in [0.1, 0.15) is 5.78 Å². The molecule has 6 aliphatic rings. The molecule has 0 amide bonds. The second-order valence-corrected chi connectivity index (χ2v) is 26.7. The summed E-state index contributed by atoms with van der Waals surface area (Å²) in [5, 5.41) is 29.5. The Bertz CT molecular complexity index is 3930. The molecule has 0 bridgehead atoms. The van der Waals surface area contributed by atoms with E-state index in [4.69, 9.17) is 0 Å². The molecule has 6 aromatic carbocycles. The van der Waals surface area contributed by atoms with Crippen LogP contribution in [-0.2, 0) is 26.5 Å². The fourth-order valence-electron chi connectivity index (χ4n) is 15.5. The quantitative estimate of drug-likeness (QED) is 0.0519.